The number of aryl methyl sites for hydroxylation is 3. The van der Waals surface area contributed by atoms with Crippen molar-refractivity contribution in [3.05, 3.63) is 77.9 Å². The summed E-state index contributed by atoms with van der Waals surface area (Å²) in [5, 5.41) is 0. The van der Waals surface area contributed by atoms with Crippen molar-refractivity contribution in [2.75, 3.05) is 0 Å². The van der Waals surface area contributed by atoms with Crippen LogP contribution < -0.4 is 4.57 Å². The molecule has 0 unspecified atom stereocenters. The number of hydrogen-bond donors (Lipinski definition) is 0. The van der Waals surface area contributed by atoms with E-state index in [0.29, 0.717) is 6.04 Å². The van der Waals surface area contributed by atoms with Gasteiger partial charge in [0.05, 0.1) is 12.6 Å². The lowest BCUT2D eigenvalue weighted by Gasteiger charge is -2.12. The lowest BCUT2D eigenvalue weighted by molar-refractivity contribution is -0.634. The van der Waals surface area contributed by atoms with Crippen LogP contribution in [0.5, 0.6) is 0 Å². The average molecular weight is 382 g/mol. The van der Waals surface area contributed by atoms with E-state index in [9.17, 15) is 0 Å². The van der Waals surface area contributed by atoms with Gasteiger partial charge in [-0.3, -0.25) is 0 Å². The molecular weight excluding hydrogens is 352 g/mol. The lowest BCUT2D eigenvalue weighted by Crippen LogP contribution is -2.31. The van der Waals surface area contributed by atoms with E-state index in [1.807, 2.05) is 0 Å². The Balaban J connectivity index is 1.81. The maximum atomic E-state index is 2.65. The molecule has 5 rings (SSSR count). The largest absolute Gasteiger partial charge is 0.290 e. The van der Waals surface area contributed by atoms with Gasteiger partial charge in [-0.2, -0.15) is 0 Å². The highest BCUT2D eigenvalue weighted by Crippen LogP contribution is 2.38. The Labute approximate surface area is 173 Å². The first-order chi connectivity index (χ1) is 14.1. The van der Waals surface area contributed by atoms with E-state index in [0.717, 1.165) is 0 Å². The number of hydrogen-bond acceptors (Lipinski definition) is 0. The molecule has 0 bridgehead atoms. The number of benzene rings is 3. The first-order valence-electron chi connectivity index (χ1n) is 10.8. The van der Waals surface area contributed by atoms with Gasteiger partial charge in [0.1, 0.15) is 6.04 Å². The minimum absolute atomic E-state index is 0.583. The standard InChI is InChI=1S/C27H29N2/c1-19-13-14-20(2)24(17-19)27-28(3)25-16-15-22(21-9-5-4-6-10-21)18-26(25)29(27)23-11-7-8-12-23/h4-6,9-10,13-18,23H,7-8,11-12H2,1-3H3/q+1. The summed E-state index contributed by atoms with van der Waals surface area (Å²) in [6.07, 6.45) is 5.21. The first-order valence-corrected chi connectivity index (χ1v) is 10.8. The van der Waals surface area contributed by atoms with E-state index in [4.69, 9.17) is 0 Å². The first kappa shape index (κ1) is 18.2. The third-order valence-electron chi connectivity index (χ3n) is 6.57. The van der Waals surface area contributed by atoms with Crippen molar-refractivity contribution in [3.63, 3.8) is 0 Å². The number of imidazole rings is 1. The van der Waals surface area contributed by atoms with Crippen molar-refractivity contribution in [2.24, 2.45) is 7.05 Å². The smallest absolute Gasteiger partial charge is 0.226 e. The summed E-state index contributed by atoms with van der Waals surface area (Å²) >= 11 is 0. The second-order valence-corrected chi connectivity index (χ2v) is 8.58. The van der Waals surface area contributed by atoms with Gasteiger partial charge in [0.15, 0.2) is 11.0 Å². The van der Waals surface area contributed by atoms with Crippen LogP contribution in [0.15, 0.2) is 66.7 Å². The molecule has 0 amide bonds. The molecule has 1 heterocycles. The minimum Gasteiger partial charge on any atom is -0.226 e. The van der Waals surface area contributed by atoms with Crippen LogP contribution in [0.25, 0.3) is 33.5 Å². The van der Waals surface area contributed by atoms with Crippen LogP contribution in [0.3, 0.4) is 0 Å². The van der Waals surface area contributed by atoms with Gasteiger partial charge in [0.2, 0.25) is 0 Å². The van der Waals surface area contributed by atoms with E-state index in [2.05, 4.69) is 96.8 Å². The molecule has 29 heavy (non-hydrogen) atoms. The molecule has 4 aromatic rings. The van der Waals surface area contributed by atoms with Crippen LogP contribution in [0.2, 0.25) is 0 Å². The highest BCUT2D eigenvalue weighted by atomic mass is 15.2. The Kier molecular flexibility index (Phi) is 4.50. The molecule has 0 spiro atoms. The van der Waals surface area contributed by atoms with E-state index in [1.54, 1.807) is 0 Å². The van der Waals surface area contributed by atoms with Gasteiger partial charge in [-0.25, -0.2) is 9.13 Å². The van der Waals surface area contributed by atoms with Crippen LogP contribution in [0.4, 0.5) is 0 Å². The number of aromatic nitrogens is 2. The van der Waals surface area contributed by atoms with Crippen LogP contribution in [-0.2, 0) is 7.05 Å². The van der Waals surface area contributed by atoms with Crippen molar-refractivity contribution in [1.29, 1.82) is 0 Å². The van der Waals surface area contributed by atoms with Gasteiger partial charge >= 0.3 is 0 Å². The van der Waals surface area contributed by atoms with E-state index in [1.165, 1.54) is 70.4 Å². The molecule has 0 radical (unpaired) electrons. The van der Waals surface area contributed by atoms with Crippen molar-refractivity contribution in [1.82, 2.24) is 4.57 Å². The number of fused-ring (bicyclic) bond motifs is 1. The zero-order valence-corrected chi connectivity index (χ0v) is 17.7. The monoisotopic (exact) mass is 381 g/mol. The molecule has 3 aromatic carbocycles. The zero-order chi connectivity index (χ0) is 20.0. The Hall–Kier alpha value is -2.87. The Morgan fingerprint density at radius 2 is 1.59 bits per heavy atom. The van der Waals surface area contributed by atoms with Crippen molar-refractivity contribution >= 4 is 11.0 Å². The predicted octanol–water partition coefficient (Wildman–Crippen LogP) is 6.53. The molecule has 146 valence electrons. The van der Waals surface area contributed by atoms with Gasteiger partial charge in [-0.15, -0.1) is 0 Å². The van der Waals surface area contributed by atoms with E-state index >= 15 is 0 Å². The highest BCUT2D eigenvalue weighted by molar-refractivity contribution is 5.83. The minimum atomic E-state index is 0.583. The van der Waals surface area contributed by atoms with Gasteiger partial charge < -0.3 is 0 Å². The summed E-state index contributed by atoms with van der Waals surface area (Å²) in [5.74, 6) is 1.35. The molecular formula is C27H29N2+. The normalized spacial score (nSPS) is 14.7. The predicted molar refractivity (Wildman–Crippen MR) is 121 cm³/mol. The summed E-state index contributed by atoms with van der Waals surface area (Å²) in [6, 6.07) is 25.1. The molecule has 1 aliphatic rings. The zero-order valence-electron chi connectivity index (χ0n) is 17.7. The maximum absolute atomic E-state index is 2.65. The fraction of sp³-hybridized carbons (Fsp3) is 0.296. The highest BCUT2D eigenvalue weighted by Gasteiger charge is 2.32. The van der Waals surface area contributed by atoms with E-state index in [-0.39, 0.29) is 0 Å². The molecule has 2 nitrogen and oxygen atoms in total. The summed E-state index contributed by atoms with van der Waals surface area (Å²) in [4.78, 5) is 0. The summed E-state index contributed by atoms with van der Waals surface area (Å²) in [6.45, 7) is 4.43. The molecule has 2 heteroatoms. The number of rotatable bonds is 3. The fourth-order valence-electron chi connectivity index (χ4n) is 5.02. The topological polar surface area (TPSA) is 8.81 Å². The van der Waals surface area contributed by atoms with Gasteiger partial charge in [0.25, 0.3) is 5.82 Å². The van der Waals surface area contributed by atoms with Crippen LogP contribution in [-0.4, -0.2) is 4.57 Å². The molecule has 1 saturated carbocycles. The molecule has 0 atom stereocenters. The molecule has 1 aromatic heterocycles. The quantitative estimate of drug-likeness (QED) is 0.357. The van der Waals surface area contributed by atoms with E-state index < -0.39 is 0 Å². The summed E-state index contributed by atoms with van der Waals surface area (Å²) in [5.41, 5.74) is 9.27. The van der Waals surface area contributed by atoms with Gasteiger partial charge in [-0.1, -0.05) is 48.0 Å². The molecule has 0 N–H and O–H groups in total. The number of nitrogens with zero attached hydrogens (tertiary/aromatic N) is 2. The molecule has 1 fully saturated rings. The molecule has 0 aliphatic heterocycles. The Bertz CT molecular complexity index is 1180. The maximum Gasteiger partial charge on any atom is 0.290 e. The van der Waals surface area contributed by atoms with Gasteiger partial charge in [-0.05, 0) is 80.5 Å². The molecule has 1 aliphatic carbocycles. The van der Waals surface area contributed by atoms with Crippen LogP contribution in [0, 0.1) is 13.8 Å². The molecule has 0 saturated heterocycles. The van der Waals surface area contributed by atoms with Gasteiger partial charge in [0, 0.05) is 0 Å². The van der Waals surface area contributed by atoms with Crippen molar-refractivity contribution in [2.45, 2.75) is 45.6 Å². The third kappa shape index (κ3) is 3.07. The SMILES string of the molecule is Cc1ccc(C)c(-c2n(C3CCCC3)c3cc(-c4ccccc4)ccc3[n+]2C)c1. The lowest BCUT2D eigenvalue weighted by atomic mass is 10.0. The summed E-state index contributed by atoms with van der Waals surface area (Å²) in [7, 11) is 2.23. The average Bonchev–Trinajstić information content (AvgIpc) is 3.37. The second-order valence-electron chi connectivity index (χ2n) is 8.58. The third-order valence-corrected chi connectivity index (χ3v) is 6.57. The summed E-state index contributed by atoms with van der Waals surface area (Å²) < 4.78 is 5.06. The second kappa shape index (κ2) is 7.18. The van der Waals surface area contributed by atoms with Crippen molar-refractivity contribution in [3.8, 4) is 22.5 Å². The van der Waals surface area contributed by atoms with Crippen LogP contribution in [0.1, 0.15) is 42.9 Å². The Morgan fingerprint density at radius 3 is 2.34 bits per heavy atom. The fourth-order valence-corrected chi connectivity index (χ4v) is 5.02. The Morgan fingerprint density at radius 1 is 0.828 bits per heavy atom. The van der Waals surface area contributed by atoms with Crippen LogP contribution >= 0.6 is 0 Å². The van der Waals surface area contributed by atoms with Crippen molar-refractivity contribution < 1.29 is 4.57 Å².